The summed E-state index contributed by atoms with van der Waals surface area (Å²) in [6.45, 7) is 0. The summed E-state index contributed by atoms with van der Waals surface area (Å²) in [7, 11) is 0. The summed E-state index contributed by atoms with van der Waals surface area (Å²) in [5.41, 5.74) is 9.62. The maximum absolute atomic E-state index is 12.4. The lowest BCUT2D eigenvalue weighted by atomic mass is 10.2. The Labute approximate surface area is 143 Å². The van der Waals surface area contributed by atoms with Crippen LogP contribution in [-0.2, 0) is 0 Å². The van der Waals surface area contributed by atoms with Crippen LogP contribution in [-0.4, -0.2) is 11.3 Å². The van der Waals surface area contributed by atoms with Crippen molar-refractivity contribution in [2.24, 2.45) is 5.10 Å². The predicted octanol–water partition coefficient (Wildman–Crippen LogP) is 2.70. The molecule has 1 aromatic heterocycles. The monoisotopic (exact) mass is 338 g/mol. The Bertz CT molecular complexity index is 967. The summed E-state index contributed by atoms with van der Waals surface area (Å²) in [5, 5.41) is 7.64. The molecule has 2 aromatic carbocycles. The van der Waals surface area contributed by atoms with Crippen LogP contribution in [0.2, 0.25) is 0 Å². The van der Waals surface area contributed by atoms with Gasteiger partial charge in [0.05, 0.1) is 11.6 Å². The van der Waals surface area contributed by atoms with Gasteiger partial charge in [-0.05, 0) is 36.5 Å². The van der Waals surface area contributed by atoms with Gasteiger partial charge >= 0.3 is 0 Å². The summed E-state index contributed by atoms with van der Waals surface area (Å²) in [5.74, 6) is 0.00573. The van der Waals surface area contributed by atoms with Crippen molar-refractivity contribution in [2.45, 2.75) is 0 Å². The van der Waals surface area contributed by atoms with Crippen LogP contribution < -0.4 is 21.9 Å². The fraction of sp³-hybridized carbons (Fsp3) is 0. The van der Waals surface area contributed by atoms with Crippen LogP contribution in [0.15, 0.2) is 68.9 Å². The zero-order valence-electron chi connectivity index (χ0n) is 12.5. The number of hydrogen-bond acceptors (Lipinski definition) is 5. The second kappa shape index (κ2) is 6.93. The van der Waals surface area contributed by atoms with Gasteiger partial charge in [0, 0.05) is 5.69 Å². The van der Waals surface area contributed by atoms with Gasteiger partial charge in [-0.3, -0.25) is 10.2 Å². The first kappa shape index (κ1) is 15.7. The number of nitrogens with two attached hydrogens (primary N) is 1. The van der Waals surface area contributed by atoms with Crippen molar-refractivity contribution >= 4 is 46.1 Å². The maximum Gasteiger partial charge on any atom is 0.203 e. The van der Waals surface area contributed by atoms with Crippen molar-refractivity contribution in [3.63, 3.8) is 0 Å². The van der Waals surface area contributed by atoms with Crippen molar-refractivity contribution in [2.75, 3.05) is 11.1 Å². The summed E-state index contributed by atoms with van der Waals surface area (Å²) < 4.78 is 5.44. The molecule has 0 aliphatic rings. The van der Waals surface area contributed by atoms with E-state index in [1.165, 1.54) is 6.21 Å². The summed E-state index contributed by atoms with van der Waals surface area (Å²) >= 11 is 5.13. The van der Waals surface area contributed by atoms with Gasteiger partial charge in [0.25, 0.3) is 0 Å². The Morgan fingerprint density at radius 3 is 2.62 bits per heavy atom. The highest BCUT2D eigenvalue weighted by atomic mass is 32.1. The molecule has 3 aromatic rings. The van der Waals surface area contributed by atoms with E-state index in [0.717, 1.165) is 5.69 Å². The van der Waals surface area contributed by atoms with Crippen LogP contribution in [0.4, 0.5) is 11.6 Å². The number of fused-ring (bicyclic) bond motifs is 1. The summed E-state index contributed by atoms with van der Waals surface area (Å²) in [6, 6.07) is 16.3. The molecule has 0 saturated heterocycles. The molecule has 0 aliphatic carbocycles. The Hall–Kier alpha value is -3.19. The molecule has 120 valence electrons. The number of thiocarbonyl (C=S) groups is 1. The smallest absolute Gasteiger partial charge is 0.203 e. The van der Waals surface area contributed by atoms with E-state index in [1.54, 1.807) is 24.3 Å². The van der Waals surface area contributed by atoms with Gasteiger partial charge < -0.3 is 15.5 Å². The Morgan fingerprint density at radius 1 is 1.12 bits per heavy atom. The van der Waals surface area contributed by atoms with Crippen molar-refractivity contribution in [3.05, 3.63) is 70.4 Å². The molecule has 0 amide bonds. The third-order valence-corrected chi connectivity index (χ3v) is 3.45. The molecular formula is C17H14N4O2S. The van der Waals surface area contributed by atoms with Crippen LogP contribution in [0, 0.1) is 0 Å². The van der Waals surface area contributed by atoms with Gasteiger partial charge in [0.15, 0.2) is 5.11 Å². The Morgan fingerprint density at radius 2 is 1.83 bits per heavy atom. The topological polar surface area (TPSA) is 92.7 Å². The van der Waals surface area contributed by atoms with Crippen molar-refractivity contribution in [3.8, 4) is 0 Å². The van der Waals surface area contributed by atoms with E-state index in [0.29, 0.717) is 16.1 Å². The number of anilines is 2. The van der Waals surface area contributed by atoms with E-state index in [1.807, 2.05) is 30.3 Å². The molecule has 7 heteroatoms. The maximum atomic E-state index is 12.4. The number of nitrogen functional groups attached to an aromatic ring is 1. The van der Waals surface area contributed by atoms with Gasteiger partial charge in [-0.15, -0.1) is 0 Å². The van der Waals surface area contributed by atoms with Crippen molar-refractivity contribution in [1.82, 2.24) is 5.43 Å². The van der Waals surface area contributed by atoms with Crippen LogP contribution in [0.1, 0.15) is 5.56 Å². The van der Waals surface area contributed by atoms with Gasteiger partial charge in [0.1, 0.15) is 11.1 Å². The number of hydrogen-bond donors (Lipinski definition) is 3. The van der Waals surface area contributed by atoms with Crippen molar-refractivity contribution < 1.29 is 4.42 Å². The normalized spacial score (nSPS) is 10.8. The molecule has 0 radical (unpaired) electrons. The first-order valence-electron chi connectivity index (χ1n) is 7.11. The highest BCUT2D eigenvalue weighted by molar-refractivity contribution is 7.80. The van der Waals surface area contributed by atoms with Gasteiger partial charge in [-0.25, -0.2) is 0 Å². The third kappa shape index (κ3) is 3.41. The fourth-order valence-electron chi connectivity index (χ4n) is 2.13. The first-order chi connectivity index (χ1) is 11.6. The van der Waals surface area contributed by atoms with Crippen molar-refractivity contribution in [1.29, 1.82) is 0 Å². The fourth-order valence-corrected chi connectivity index (χ4v) is 2.30. The molecule has 0 atom stereocenters. The zero-order chi connectivity index (χ0) is 16.9. The van der Waals surface area contributed by atoms with Gasteiger partial charge in [-0.1, -0.05) is 30.3 Å². The molecular weight excluding hydrogens is 324 g/mol. The molecule has 1 heterocycles. The first-order valence-corrected chi connectivity index (χ1v) is 7.52. The van der Waals surface area contributed by atoms with E-state index in [-0.39, 0.29) is 16.9 Å². The lowest BCUT2D eigenvalue weighted by molar-refractivity contribution is 0.624. The molecule has 0 aliphatic heterocycles. The molecule has 0 unspecified atom stereocenters. The second-order valence-electron chi connectivity index (χ2n) is 4.90. The summed E-state index contributed by atoms with van der Waals surface area (Å²) in [4.78, 5) is 12.4. The van der Waals surface area contributed by atoms with E-state index < -0.39 is 0 Å². The highest BCUT2D eigenvalue weighted by Gasteiger charge is 2.09. The standard InChI is InChI=1S/C17H14N4O2S/c18-16-13(15(22)12-8-4-5-9-14(12)23-16)10-19-21-17(24)20-11-6-2-1-3-7-11/h1-10H,18H2,(H2,20,21,24). The molecule has 0 spiro atoms. The largest absolute Gasteiger partial charge is 0.440 e. The van der Waals surface area contributed by atoms with Gasteiger partial charge in [0.2, 0.25) is 11.3 Å². The zero-order valence-corrected chi connectivity index (χ0v) is 13.3. The van der Waals surface area contributed by atoms with Crippen LogP contribution in [0.25, 0.3) is 11.0 Å². The average molecular weight is 338 g/mol. The Balaban J connectivity index is 1.76. The van der Waals surface area contributed by atoms with E-state index >= 15 is 0 Å². The lowest BCUT2D eigenvalue weighted by Gasteiger charge is -2.06. The second-order valence-corrected chi connectivity index (χ2v) is 5.30. The minimum atomic E-state index is -0.248. The van der Waals surface area contributed by atoms with E-state index in [4.69, 9.17) is 22.4 Å². The molecule has 0 saturated carbocycles. The highest BCUT2D eigenvalue weighted by Crippen LogP contribution is 2.15. The average Bonchev–Trinajstić information content (AvgIpc) is 2.59. The SMILES string of the molecule is Nc1oc2ccccc2c(=O)c1C=NNC(=S)Nc1ccccc1. The van der Waals surface area contributed by atoms with Crippen LogP contribution >= 0.6 is 12.2 Å². The van der Waals surface area contributed by atoms with E-state index in [9.17, 15) is 4.79 Å². The summed E-state index contributed by atoms with van der Waals surface area (Å²) in [6.07, 6.45) is 1.30. The molecule has 4 N–H and O–H groups in total. The Kier molecular flexibility index (Phi) is 4.53. The lowest BCUT2D eigenvalue weighted by Crippen LogP contribution is -2.24. The predicted molar refractivity (Wildman–Crippen MR) is 100 cm³/mol. The molecule has 3 rings (SSSR count). The van der Waals surface area contributed by atoms with Gasteiger partial charge in [-0.2, -0.15) is 5.10 Å². The van der Waals surface area contributed by atoms with Crippen LogP contribution in [0.3, 0.4) is 0 Å². The molecule has 0 bridgehead atoms. The molecule has 6 nitrogen and oxygen atoms in total. The number of rotatable bonds is 3. The number of hydrazone groups is 1. The third-order valence-electron chi connectivity index (χ3n) is 3.25. The number of nitrogens with one attached hydrogen (secondary N) is 2. The molecule has 24 heavy (non-hydrogen) atoms. The quantitative estimate of drug-likeness (QED) is 0.386. The minimum Gasteiger partial charge on any atom is -0.440 e. The number of benzene rings is 2. The van der Waals surface area contributed by atoms with Crippen LogP contribution in [0.5, 0.6) is 0 Å². The minimum absolute atomic E-state index is 0.00573. The number of para-hydroxylation sites is 2. The molecule has 0 fully saturated rings. The number of nitrogens with zero attached hydrogens (tertiary/aromatic N) is 1. The van der Waals surface area contributed by atoms with E-state index in [2.05, 4.69) is 15.8 Å².